The number of carbonyl (C=O) groups excluding carboxylic acids is 2. The zero-order valence-electron chi connectivity index (χ0n) is 12.4. The highest BCUT2D eigenvalue weighted by molar-refractivity contribution is 8.15. The van der Waals surface area contributed by atoms with E-state index in [1.54, 1.807) is 18.7 Å². The minimum Gasteiger partial charge on any atom is -0.463 e. The lowest BCUT2D eigenvalue weighted by atomic mass is 9.94. The second-order valence-electron chi connectivity index (χ2n) is 4.98. The Balaban J connectivity index is 2.13. The van der Waals surface area contributed by atoms with E-state index in [2.05, 4.69) is 4.99 Å². The number of hydrogen-bond acceptors (Lipinski definition) is 5. The molecule has 1 amide bonds. The molecule has 0 radical (unpaired) electrons. The highest BCUT2D eigenvalue weighted by Gasteiger charge is 2.43. The summed E-state index contributed by atoms with van der Waals surface area (Å²) in [6.07, 6.45) is 0. The van der Waals surface area contributed by atoms with Gasteiger partial charge in [-0.1, -0.05) is 42.1 Å². The average Bonchev–Trinajstić information content (AvgIpc) is 2.88. The third kappa shape index (κ3) is 2.43. The molecule has 1 aromatic rings. The molecule has 114 valence electrons. The van der Waals surface area contributed by atoms with Crippen LogP contribution >= 0.6 is 11.8 Å². The van der Waals surface area contributed by atoms with Crippen LogP contribution in [0.2, 0.25) is 0 Å². The predicted octanol–water partition coefficient (Wildman–Crippen LogP) is 2.51. The Kier molecular flexibility index (Phi) is 4.02. The summed E-state index contributed by atoms with van der Waals surface area (Å²) in [5, 5.41) is 0.657. The number of aliphatic imine (C=N–C) groups is 1. The number of allylic oxidation sites excluding steroid dienone is 1. The second kappa shape index (κ2) is 5.96. The number of ether oxygens (including phenoxy) is 1. The molecular weight excluding hydrogens is 300 g/mol. The Morgan fingerprint density at radius 2 is 2.14 bits per heavy atom. The van der Waals surface area contributed by atoms with E-state index in [1.165, 1.54) is 11.8 Å². The lowest BCUT2D eigenvalue weighted by Crippen LogP contribution is -2.39. The normalized spacial score (nSPS) is 20.8. The Bertz CT molecular complexity index is 682. The van der Waals surface area contributed by atoms with Crippen LogP contribution in [0.4, 0.5) is 0 Å². The van der Waals surface area contributed by atoms with Gasteiger partial charge in [0.2, 0.25) is 5.91 Å². The highest BCUT2D eigenvalue weighted by atomic mass is 32.2. The Labute approximate surface area is 133 Å². The molecule has 0 N–H and O–H groups in total. The third-order valence-corrected chi connectivity index (χ3v) is 4.53. The van der Waals surface area contributed by atoms with Gasteiger partial charge >= 0.3 is 5.97 Å². The van der Waals surface area contributed by atoms with E-state index >= 15 is 0 Å². The summed E-state index contributed by atoms with van der Waals surface area (Å²) < 4.78 is 5.18. The summed E-state index contributed by atoms with van der Waals surface area (Å²) in [6, 6.07) is 9.06. The summed E-state index contributed by atoms with van der Waals surface area (Å²) >= 11 is 1.40. The van der Waals surface area contributed by atoms with Gasteiger partial charge in [-0.05, 0) is 19.4 Å². The number of nitrogens with zero attached hydrogens (tertiary/aromatic N) is 2. The van der Waals surface area contributed by atoms with Crippen molar-refractivity contribution in [2.75, 3.05) is 12.4 Å². The molecule has 2 aliphatic rings. The Morgan fingerprint density at radius 3 is 2.82 bits per heavy atom. The maximum Gasteiger partial charge on any atom is 0.338 e. The molecule has 0 saturated carbocycles. The molecule has 5 nitrogen and oxygen atoms in total. The number of amides is 1. The van der Waals surface area contributed by atoms with E-state index in [0.29, 0.717) is 22.2 Å². The predicted molar refractivity (Wildman–Crippen MR) is 85.3 cm³/mol. The van der Waals surface area contributed by atoms with Crippen molar-refractivity contribution in [3.05, 3.63) is 47.2 Å². The van der Waals surface area contributed by atoms with Gasteiger partial charge in [0.15, 0.2) is 5.17 Å². The Hall–Kier alpha value is -2.08. The summed E-state index contributed by atoms with van der Waals surface area (Å²) in [4.78, 5) is 30.7. The van der Waals surface area contributed by atoms with Crippen molar-refractivity contribution < 1.29 is 14.3 Å². The van der Waals surface area contributed by atoms with Crippen LogP contribution in [0.3, 0.4) is 0 Å². The molecule has 1 atom stereocenters. The van der Waals surface area contributed by atoms with Crippen LogP contribution in [0.15, 0.2) is 46.6 Å². The van der Waals surface area contributed by atoms with Gasteiger partial charge in [-0.2, -0.15) is 0 Å². The van der Waals surface area contributed by atoms with Crippen LogP contribution in [0.5, 0.6) is 0 Å². The number of rotatable bonds is 3. The molecule has 0 spiro atoms. The van der Waals surface area contributed by atoms with Crippen LogP contribution in [-0.4, -0.2) is 34.3 Å². The zero-order valence-corrected chi connectivity index (χ0v) is 13.2. The van der Waals surface area contributed by atoms with Crippen LogP contribution in [-0.2, 0) is 14.3 Å². The van der Waals surface area contributed by atoms with Crippen molar-refractivity contribution in [1.29, 1.82) is 0 Å². The minimum atomic E-state index is -0.463. The van der Waals surface area contributed by atoms with Crippen LogP contribution in [0.25, 0.3) is 0 Å². The number of fused-ring (bicyclic) bond motifs is 1. The molecule has 1 aromatic carbocycles. The Morgan fingerprint density at radius 1 is 1.41 bits per heavy atom. The first kappa shape index (κ1) is 14.8. The minimum absolute atomic E-state index is 0.0353. The van der Waals surface area contributed by atoms with Gasteiger partial charge in [0.25, 0.3) is 0 Å². The smallest absolute Gasteiger partial charge is 0.338 e. The number of carbonyl (C=O) groups is 2. The van der Waals surface area contributed by atoms with E-state index in [0.717, 1.165) is 5.56 Å². The standard InChI is InChI=1S/C16H16N2O3S/c1-3-21-15(20)13-10(2)17-16-18(12(19)9-22-16)14(13)11-7-5-4-6-8-11/h4-8,14H,3,9H2,1-2H3. The molecule has 1 saturated heterocycles. The van der Waals surface area contributed by atoms with Gasteiger partial charge in [0.1, 0.15) is 0 Å². The first-order valence-corrected chi connectivity index (χ1v) is 8.08. The second-order valence-corrected chi connectivity index (χ2v) is 5.92. The molecule has 0 bridgehead atoms. The van der Waals surface area contributed by atoms with E-state index in [9.17, 15) is 9.59 Å². The lowest BCUT2D eigenvalue weighted by molar-refractivity contribution is -0.139. The number of benzene rings is 1. The van der Waals surface area contributed by atoms with Gasteiger partial charge in [-0.3, -0.25) is 9.69 Å². The van der Waals surface area contributed by atoms with E-state index < -0.39 is 12.0 Å². The SMILES string of the molecule is CCOC(=O)C1=C(C)N=C2SCC(=O)N2C1c1ccccc1. The molecule has 6 heteroatoms. The monoisotopic (exact) mass is 316 g/mol. The van der Waals surface area contributed by atoms with Gasteiger partial charge in [-0.15, -0.1) is 0 Å². The lowest BCUT2D eigenvalue weighted by Gasteiger charge is -2.32. The van der Waals surface area contributed by atoms with Crippen LogP contribution < -0.4 is 0 Å². The largest absolute Gasteiger partial charge is 0.463 e. The molecule has 22 heavy (non-hydrogen) atoms. The molecule has 2 aliphatic heterocycles. The topological polar surface area (TPSA) is 59.0 Å². The van der Waals surface area contributed by atoms with E-state index in [1.807, 2.05) is 30.3 Å². The molecule has 0 aromatic heterocycles. The molecule has 1 fully saturated rings. The zero-order chi connectivity index (χ0) is 15.7. The summed E-state index contributed by atoms with van der Waals surface area (Å²) in [5.74, 6) is -0.0980. The maximum atomic E-state index is 12.4. The number of thioether (sulfide) groups is 1. The van der Waals surface area contributed by atoms with Gasteiger partial charge < -0.3 is 4.74 Å². The quantitative estimate of drug-likeness (QED) is 0.804. The number of esters is 1. The van der Waals surface area contributed by atoms with Gasteiger partial charge in [-0.25, -0.2) is 9.79 Å². The molecule has 3 rings (SSSR count). The first-order valence-electron chi connectivity index (χ1n) is 7.10. The number of amidine groups is 1. The third-order valence-electron chi connectivity index (χ3n) is 3.59. The fourth-order valence-electron chi connectivity index (χ4n) is 2.66. The summed E-state index contributed by atoms with van der Waals surface area (Å²) in [7, 11) is 0. The molecule has 0 aliphatic carbocycles. The van der Waals surface area contributed by atoms with Crippen LogP contribution in [0.1, 0.15) is 25.5 Å². The average molecular weight is 316 g/mol. The van der Waals surface area contributed by atoms with Gasteiger partial charge in [0.05, 0.1) is 29.7 Å². The van der Waals surface area contributed by atoms with Crippen molar-refractivity contribution in [3.63, 3.8) is 0 Å². The first-order chi connectivity index (χ1) is 10.6. The van der Waals surface area contributed by atoms with E-state index in [4.69, 9.17) is 4.74 Å². The van der Waals surface area contributed by atoms with Crippen molar-refractivity contribution in [2.24, 2.45) is 4.99 Å². The van der Waals surface area contributed by atoms with Crippen molar-refractivity contribution in [1.82, 2.24) is 4.90 Å². The summed E-state index contributed by atoms with van der Waals surface area (Å²) in [5.41, 5.74) is 1.93. The van der Waals surface area contributed by atoms with Crippen molar-refractivity contribution in [3.8, 4) is 0 Å². The van der Waals surface area contributed by atoms with Crippen molar-refractivity contribution >= 4 is 28.8 Å². The van der Waals surface area contributed by atoms with E-state index in [-0.39, 0.29) is 12.5 Å². The highest BCUT2D eigenvalue weighted by Crippen LogP contribution is 2.40. The van der Waals surface area contributed by atoms with Gasteiger partial charge in [0, 0.05) is 0 Å². The summed E-state index contributed by atoms with van der Waals surface area (Å²) in [6.45, 7) is 3.84. The van der Waals surface area contributed by atoms with Crippen molar-refractivity contribution in [2.45, 2.75) is 19.9 Å². The fourth-order valence-corrected chi connectivity index (χ4v) is 3.60. The molecule has 2 heterocycles. The number of hydrogen-bond donors (Lipinski definition) is 0. The maximum absolute atomic E-state index is 12.4. The molecule has 1 unspecified atom stereocenters. The molecular formula is C16H16N2O3S. The fraction of sp³-hybridized carbons (Fsp3) is 0.312. The van der Waals surface area contributed by atoms with Crippen LogP contribution in [0, 0.1) is 0 Å².